The minimum Gasteiger partial charge on any atom is -0.369 e. The summed E-state index contributed by atoms with van der Waals surface area (Å²) in [6, 6.07) is 1.90. The smallest absolute Gasteiger partial charge is 0.129 e. The molecule has 5 nitrogen and oxygen atoms in total. The number of rotatable bonds is 5. The highest BCUT2D eigenvalue weighted by atomic mass is 15.1. The Morgan fingerprint density at radius 2 is 2.22 bits per heavy atom. The van der Waals surface area contributed by atoms with Crippen LogP contribution in [0.2, 0.25) is 0 Å². The topological polar surface area (TPSA) is 55.6 Å². The fourth-order valence-electron chi connectivity index (χ4n) is 2.17. The van der Waals surface area contributed by atoms with E-state index in [9.17, 15) is 0 Å². The molecular weight excluding hydrogens is 226 g/mol. The second-order valence-electron chi connectivity index (χ2n) is 5.05. The molecule has 2 aromatic heterocycles. The van der Waals surface area contributed by atoms with Crippen LogP contribution in [-0.2, 0) is 6.54 Å². The predicted molar refractivity (Wildman–Crippen MR) is 69.2 cm³/mol. The fourth-order valence-corrected chi connectivity index (χ4v) is 2.17. The maximum Gasteiger partial charge on any atom is 0.129 e. The minimum atomic E-state index is 0.371. The molecule has 1 N–H and O–H groups in total. The van der Waals surface area contributed by atoms with Crippen LogP contribution < -0.4 is 5.32 Å². The molecule has 0 unspecified atom stereocenters. The van der Waals surface area contributed by atoms with Crippen LogP contribution in [-0.4, -0.2) is 26.1 Å². The van der Waals surface area contributed by atoms with Crippen molar-refractivity contribution in [2.45, 2.75) is 26.3 Å². The second-order valence-corrected chi connectivity index (χ2v) is 5.05. The molecule has 2 heterocycles. The summed E-state index contributed by atoms with van der Waals surface area (Å²) >= 11 is 0. The number of imidazole rings is 1. The summed E-state index contributed by atoms with van der Waals surface area (Å²) in [5.74, 6) is 1.99. The Morgan fingerprint density at radius 1 is 1.33 bits per heavy atom. The fraction of sp³-hybridized carbons (Fsp3) is 0.462. The minimum absolute atomic E-state index is 0.371. The summed E-state index contributed by atoms with van der Waals surface area (Å²) < 4.78 is 2.23. The Hall–Kier alpha value is -1.91. The maximum atomic E-state index is 4.27. The van der Waals surface area contributed by atoms with Crippen molar-refractivity contribution in [1.82, 2.24) is 19.5 Å². The molecule has 3 rings (SSSR count). The predicted octanol–water partition coefficient (Wildman–Crippen LogP) is 1.87. The number of aryl methyl sites for hydroxylation is 1. The lowest BCUT2D eigenvalue weighted by molar-refractivity contribution is 0.438. The van der Waals surface area contributed by atoms with Gasteiger partial charge < -0.3 is 9.88 Å². The lowest BCUT2D eigenvalue weighted by Crippen LogP contribution is -2.22. The summed E-state index contributed by atoms with van der Waals surface area (Å²) in [5, 5.41) is 3.39. The van der Waals surface area contributed by atoms with E-state index in [1.807, 2.05) is 19.2 Å². The van der Waals surface area contributed by atoms with Gasteiger partial charge in [-0.15, -0.1) is 0 Å². The van der Waals surface area contributed by atoms with Crippen LogP contribution in [0.5, 0.6) is 0 Å². The average molecular weight is 243 g/mol. The monoisotopic (exact) mass is 243 g/mol. The van der Waals surface area contributed by atoms with E-state index in [2.05, 4.69) is 31.0 Å². The number of hydrogen-bond donors (Lipinski definition) is 1. The molecule has 0 spiro atoms. The van der Waals surface area contributed by atoms with E-state index in [0.717, 1.165) is 24.7 Å². The molecule has 1 aliphatic rings. The lowest BCUT2D eigenvalue weighted by Gasteiger charge is -2.17. The van der Waals surface area contributed by atoms with Crippen molar-refractivity contribution in [2.24, 2.45) is 5.41 Å². The molecule has 5 heteroatoms. The van der Waals surface area contributed by atoms with Crippen molar-refractivity contribution in [1.29, 1.82) is 0 Å². The summed E-state index contributed by atoms with van der Waals surface area (Å²) in [7, 11) is 0. The first-order valence-corrected chi connectivity index (χ1v) is 6.25. The molecule has 1 saturated carbocycles. The highest BCUT2D eigenvalue weighted by Gasteiger charge is 2.42. The van der Waals surface area contributed by atoms with E-state index in [0.29, 0.717) is 5.41 Å². The third kappa shape index (κ3) is 2.34. The number of aromatic nitrogens is 4. The van der Waals surface area contributed by atoms with Gasteiger partial charge in [-0.2, -0.15) is 0 Å². The zero-order chi connectivity index (χ0) is 12.4. The molecule has 0 aliphatic heterocycles. The van der Waals surface area contributed by atoms with Crippen molar-refractivity contribution in [3.05, 3.63) is 36.8 Å². The van der Waals surface area contributed by atoms with Gasteiger partial charge in [0.25, 0.3) is 0 Å². The van der Waals surface area contributed by atoms with E-state index in [1.54, 1.807) is 12.5 Å². The highest BCUT2D eigenvalue weighted by molar-refractivity contribution is 5.32. The Labute approximate surface area is 106 Å². The van der Waals surface area contributed by atoms with Gasteiger partial charge in [0.1, 0.15) is 18.0 Å². The third-order valence-corrected chi connectivity index (χ3v) is 3.61. The first kappa shape index (κ1) is 11.2. The van der Waals surface area contributed by atoms with Crippen LogP contribution in [0.1, 0.15) is 18.7 Å². The number of anilines is 1. The Kier molecular flexibility index (Phi) is 2.74. The van der Waals surface area contributed by atoms with Crippen molar-refractivity contribution in [2.75, 3.05) is 11.9 Å². The Balaban J connectivity index is 1.61. The molecule has 1 fully saturated rings. The Morgan fingerprint density at radius 3 is 2.83 bits per heavy atom. The molecule has 0 radical (unpaired) electrons. The molecule has 0 aromatic carbocycles. The molecule has 0 bridgehead atoms. The zero-order valence-electron chi connectivity index (χ0n) is 10.5. The highest BCUT2D eigenvalue weighted by Crippen LogP contribution is 2.47. The molecule has 94 valence electrons. The van der Waals surface area contributed by atoms with Crippen LogP contribution in [0.4, 0.5) is 5.82 Å². The van der Waals surface area contributed by atoms with Gasteiger partial charge in [0.15, 0.2) is 0 Å². The summed E-state index contributed by atoms with van der Waals surface area (Å²) in [5.41, 5.74) is 0.371. The van der Waals surface area contributed by atoms with Crippen molar-refractivity contribution in [3.8, 4) is 0 Å². The van der Waals surface area contributed by atoms with E-state index in [1.165, 1.54) is 12.8 Å². The molecule has 2 aromatic rings. The van der Waals surface area contributed by atoms with Crippen LogP contribution in [0.3, 0.4) is 0 Å². The van der Waals surface area contributed by atoms with Gasteiger partial charge in [0.2, 0.25) is 0 Å². The molecule has 0 amide bonds. The van der Waals surface area contributed by atoms with E-state index < -0.39 is 0 Å². The van der Waals surface area contributed by atoms with Gasteiger partial charge in [-0.25, -0.2) is 15.0 Å². The van der Waals surface area contributed by atoms with Gasteiger partial charge >= 0.3 is 0 Å². The quantitative estimate of drug-likeness (QED) is 0.871. The largest absolute Gasteiger partial charge is 0.369 e. The van der Waals surface area contributed by atoms with Gasteiger partial charge in [0.05, 0.1) is 0 Å². The SMILES string of the molecule is Cc1nccn1CC1(CNc2ccncn2)CC1. The van der Waals surface area contributed by atoms with Crippen molar-refractivity contribution in [3.63, 3.8) is 0 Å². The van der Waals surface area contributed by atoms with Crippen molar-refractivity contribution < 1.29 is 0 Å². The molecular formula is C13H17N5. The standard InChI is InChI=1S/C13H17N5/c1-11-15-6-7-18(11)9-13(3-4-13)8-16-12-2-5-14-10-17-12/h2,5-7,10H,3-4,8-9H2,1H3,(H,14,16,17). The first-order valence-electron chi connectivity index (χ1n) is 6.25. The van der Waals surface area contributed by atoms with E-state index in [4.69, 9.17) is 0 Å². The molecule has 0 saturated heterocycles. The van der Waals surface area contributed by atoms with E-state index >= 15 is 0 Å². The third-order valence-electron chi connectivity index (χ3n) is 3.61. The number of hydrogen-bond acceptors (Lipinski definition) is 4. The molecule has 18 heavy (non-hydrogen) atoms. The number of nitrogens with one attached hydrogen (secondary N) is 1. The molecule has 1 aliphatic carbocycles. The first-order chi connectivity index (χ1) is 8.77. The van der Waals surface area contributed by atoms with Crippen LogP contribution in [0.15, 0.2) is 31.0 Å². The normalized spacial score (nSPS) is 16.5. The molecule has 0 atom stereocenters. The Bertz CT molecular complexity index is 515. The summed E-state index contributed by atoms with van der Waals surface area (Å²) in [6.45, 7) is 4.05. The van der Waals surface area contributed by atoms with Gasteiger partial charge in [-0.1, -0.05) is 0 Å². The van der Waals surface area contributed by atoms with Crippen LogP contribution in [0.25, 0.3) is 0 Å². The second kappa shape index (κ2) is 4.40. The average Bonchev–Trinajstić information content (AvgIpc) is 3.06. The van der Waals surface area contributed by atoms with E-state index in [-0.39, 0.29) is 0 Å². The summed E-state index contributed by atoms with van der Waals surface area (Å²) in [4.78, 5) is 12.4. The number of nitrogens with zero attached hydrogens (tertiary/aromatic N) is 4. The van der Waals surface area contributed by atoms with Crippen molar-refractivity contribution >= 4 is 5.82 Å². The maximum absolute atomic E-state index is 4.27. The van der Waals surface area contributed by atoms with Crippen LogP contribution >= 0.6 is 0 Å². The van der Waals surface area contributed by atoms with Gasteiger partial charge in [-0.05, 0) is 25.8 Å². The zero-order valence-corrected chi connectivity index (χ0v) is 10.5. The van der Waals surface area contributed by atoms with Crippen LogP contribution in [0, 0.1) is 12.3 Å². The lowest BCUT2D eigenvalue weighted by atomic mass is 10.1. The van der Waals surface area contributed by atoms with Gasteiger partial charge in [-0.3, -0.25) is 0 Å². The van der Waals surface area contributed by atoms with Gasteiger partial charge in [0, 0.05) is 37.1 Å². The summed E-state index contributed by atoms with van der Waals surface area (Å²) in [6.07, 6.45) is 9.78.